The third-order valence-electron chi connectivity index (χ3n) is 5.61. The number of methoxy groups -OCH3 is 1. The van der Waals surface area contributed by atoms with Gasteiger partial charge in [0, 0.05) is 32.5 Å². The number of rotatable bonds is 9. The fourth-order valence-electron chi connectivity index (χ4n) is 3.48. The number of ether oxygens (including phenoxy) is 1. The minimum absolute atomic E-state index is 0.0794. The minimum atomic E-state index is -0.747. The average molecular weight is 350 g/mol. The van der Waals surface area contributed by atoms with Gasteiger partial charge in [0.25, 0.3) is 5.56 Å². The summed E-state index contributed by atoms with van der Waals surface area (Å²) in [7, 11) is 1.72. The van der Waals surface area contributed by atoms with Gasteiger partial charge in [-0.1, -0.05) is 27.2 Å². The zero-order valence-electron chi connectivity index (χ0n) is 15.6. The lowest BCUT2D eigenvalue weighted by atomic mass is 9.70. The first kappa shape index (κ1) is 19.6. The number of amides is 1. The highest BCUT2D eigenvalue weighted by atomic mass is 16.5. The van der Waals surface area contributed by atoms with Crippen LogP contribution in [0.5, 0.6) is 0 Å². The molecule has 1 aliphatic rings. The van der Waals surface area contributed by atoms with Gasteiger partial charge in [0.05, 0.1) is 6.10 Å². The zero-order chi connectivity index (χ0) is 18.6. The molecule has 1 aromatic rings. The Morgan fingerprint density at radius 2 is 2.16 bits per heavy atom. The molecule has 0 spiro atoms. The lowest BCUT2D eigenvalue weighted by molar-refractivity contribution is -0.125. The van der Waals surface area contributed by atoms with Crippen molar-refractivity contribution in [1.82, 2.24) is 14.7 Å². The van der Waals surface area contributed by atoms with Gasteiger partial charge in [0.1, 0.15) is 6.04 Å². The largest absolute Gasteiger partial charge is 0.379 e. The molecule has 1 fully saturated rings. The highest BCUT2D eigenvalue weighted by molar-refractivity contribution is 5.78. The van der Waals surface area contributed by atoms with Gasteiger partial charge < -0.3 is 10.5 Å². The Morgan fingerprint density at radius 3 is 2.68 bits per heavy atom. The molecular formula is C18H30N4O3. The van der Waals surface area contributed by atoms with E-state index < -0.39 is 11.9 Å². The van der Waals surface area contributed by atoms with Gasteiger partial charge in [0.2, 0.25) is 5.91 Å². The van der Waals surface area contributed by atoms with Crippen LogP contribution in [0.25, 0.3) is 0 Å². The van der Waals surface area contributed by atoms with Crippen LogP contribution in [0.2, 0.25) is 0 Å². The van der Waals surface area contributed by atoms with Crippen LogP contribution in [0.15, 0.2) is 23.1 Å². The van der Waals surface area contributed by atoms with Crippen molar-refractivity contribution < 1.29 is 9.53 Å². The second kappa shape index (κ2) is 8.10. The first-order valence-corrected chi connectivity index (χ1v) is 8.88. The van der Waals surface area contributed by atoms with Gasteiger partial charge in [-0.3, -0.25) is 14.5 Å². The van der Waals surface area contributed by atoms with E-state index in [1.807, 2.05) is 0 Å². The summed E-state index contributed by atoms with van der Waals surface area (Å²) in [6, 6.07) is 2.24. The standard InChI is InChI=1S/C18H30N4O3/c1-5-18(2,3)14(8-10-21-11-13(12-21)25-4)16(17(19)24)22-15(23)7-6-9-20-22/h6-7,9,13-14,16H,5,8,10-12H2,1-4H3,(H2,19,24). The number of hydrogen-bond donors (Lipinski definition) is 1. The maximum absolute atomic E-state index is 12.3. The maximum atomic E-state index is 12.3. The van der Waals surface area contributed by atoms with Gasteiger partial charge in [-0.2, -0.15) is 5.10 Å². The number of hydrogen-bond acceptors (Lipinski definition) is 5. The SMILES string of the molecule is CCC(C)(C)C(CCN1CC(OC)C1)C(C(N)=O)n1ncccc1=O. The Labute approximate surface area is 149 Å². The highest BCUT2D eigenvalue weighted by Crippen LogP contribution is 2.40. The third-order valence-corrected chi connectivity index (χ3v) is 5.61. The molecule has 0 bridgehead atoms. The quantitative estimate of drug-likeness (QED) is 0.719. The maximum Gasteiger partial charge on any atom is 0.267 e. The molecule has 0 saturated carbocycles. The Morgan fingerprint density at radius 1 is 1.48 bits per heavy atom. The summed E-state index contributed by atoms with van der Waals surface area (Å²) in [4.78, 5) is 26.8. The molecule has 0 radical (unpaired) electrons. The van der Waals surface area contributed by atoms with Gasteiger partial charge in [-0.25, -0.2) is 4.68 Å². The Balaban J connectivity index is 2.24. The number of carbonyl (C=O) groups excluding carboxylic acids is 1. The van der Waals surface area contributed by atoms with Crippen molar-refractivity contribution in [2.45, 2.75) is 45.8 Å². The molecule has 7 nitrogen and oxygen atoms in total. The fraction of sp³-hybridized carbons (Fsp3) is 0.722. The molecule has 140 valence electrons. The predicted octanol–water partition coefficient (Wildman–Crippen LogP) is 1.04. The molecule has 1 aliphatic heterocycles. The highest BCUT2D eigenvalue weighted by Gasteiger charge is 2.40. The summed E-state index contributed by atoms with van der Waals surface area (Å²) >= 11 is 0. The monoisotopic (exact) mass is 350 g/mol. The Bertz CT molecular complexity index is 637. The van der Waals surface area contributed by atoms with E-state index >= 15 is 0 Å². The summed E-state index contributed by atoms with van der Waals surface area (Å²) < 4.78 is 6.56. The predicted molar refractivity (Wildman–Crippen MR) is 96.1 cm³/mol. The molecular weight excluding hydrogens is 320 g/mol. The van der Waals surface area contributed by atoms with E-state index in [1.165, 1.54) is 16.9 Å². The van der Waals surface area contributed by atoms with Crippen LogP contribution in [0.3, 0.4) is 0 Å². The van der Waals surface area contributed by atoms with Crippen LogP contribution in [-0.4, -0.2) is 53.4 Å². The van der Waals surface area contributed by atoms with Crippen molar-refractivity contribution in [3.8, 4) is 0 Å². The molecule has 1 saturated heterocycles. The molecule has 25 heavy (non-hydrogen) atoms. The van der Waals surface area contributed by atoms with Crippen LogP contribution >= 0.6 is 0 Å². The first-order valence-electron chi connectivity index (χ1n) is 8.88. The van der Waals surface area contributed by atoms with Crippen molar-refractivity contribution >= 4 is 5.91 Å². The van der Waals surface area contributed by atoms with Gasteiger partial charge in [0.15, 0.2) is 0 Å². The molecule has 0 aromatic carbocycles. The van der Waals surface area contributed by atoms with Crippen molar-refractivity contribution in [1.29, 1.82) is 0 Å². The molecule has 2 heterocycles. The summed E-state index contributed by atoms with van der Waals surface area (Å²) in [5, 5.41) is 4.12. The molecule has 2 unspecified atom stereocenters. The summed E-state index contributed by atoms with van der Waals surface area (Å²) in [5.41, 5.74) is 5.26. The Hall–Kier alpha value is -1.73. The van der Waals surface area contributed by atoms with E-state index in [2.05, 4.69) is 30.8 Å². The van der Waals surface area contributed by atoms with Gasteiger partial charge in [-0.15, -0.1) is 0 Å². The molecule has 2 atom stereocenters. The van der Waals surface area contributed by atoms with Crippen molar-refractivity contribution in [2.24, 2.45) is 17.1 Å². The van der Waals surface area contributed by atoms with E-state index in [0.29, 0.717) is 6.10 Å². The van der Waals surface area contributed by atoms with Crippen LogP contribution in [0.4, 0.5) is 0 Å². The second-order valence-corrected chi connectivity index (χ2v) is 7.51. The Kier molecular flexibility index (Phi) is 6.35. The summed E-state index contributed by atoms with van der Waals surface area (Å²) in [6.45, 7) is 8.99. The van der Waals surface area contributed by atoms with Crippen LogP contribution < -0.4 is 11.3 Å². The smallest absolute Gasteiger partial charge is 0.267 e. The van der Waals surface area contributed by atoms with E-state index in [0.717, 1.165) is 32.5 Å². The van der Waals surface area contributed by atoms with E-state index in [-0.39, 0.29) is 16.9 Å². The van der Waals surface area contributed by atoms with Crippen LogP contribution in [0.1, 0.15) is 39.7 Å². The summed E-state index contributed by atoms with van der Waals surface area (Å²) in [6.07, 6.45) is 3.46. The topological polar surface area (TPSA) is 90.4 Å². The average Bonchev–Trinajstić information content (AvgIpc) is 2.53. The van der Waals surface area contributed by atoms with Crippen LogP contribution in [-0.2, 0) is 9.53 Å². The summed E-state index contributed by atoms with van der Waals surface area (Å²) in [5.74, 6) is -0.588. The lowest BCUT2D eigenvalue weighted by Crippen LogP contribution is -2.53. The van der Waals surface area contributed by atoms with E-state index in [4.69, 9.17) is 10.5 Å². The second-order valence-electron chi connectivity index (χ2n) is 7.51. The molecule has 0 aliphatic carbocycles. The van der Waals surface area contributed by atoms with E-state index in [9.17, 15) is 9.59 Å². The zero-order valence-corrected chi connectivity index (χ0v) is 15.6. The number of carbonyl (C=O) groups is 1. The van der Waals surface area contributed by atoms with Gasteiger partial charge in [-0.05, 0) is 30.4 Å². The third kappa shape index (κ3) is 4.46. The van der Waals surface area contributed by atoms with Crippen molar-refractivity contribution in [3.05, 3.63) is 28.7 Å². The van der Waals surface area contributed by atoms with Crippen molar-refractivity contribution in [3.63, 3.8) is 0 Å². The number of aromatic nitrogens is 2. The van der Waals surface area contributed by atoms with Crippen LogP contribution in [0, 0.1) is 11.3 Å². The molecule has 1 aromatic heterocycles. The fourth-order valence-corrected chi connectivity index (χ4v) is 3.48. The number of nitrogens with two attached hydrogens (primary N) is 1. The number of primary amides is 1. The molecule has 7 heteroatoms. The molecule has 1 amide bonds. The van der Waals surface area contributed by atoms with E-state index in [1.54, 1.807) is 13.2 Å². The lowest BCUT2D eigenvalue weighted by Gasteiger charge is -2.42. The molecule has 2 rings (SSSR count). The molecule has 2 N–H and O–H groups in total. The number of likely N-dealkylation sites (tertiary alicyclic amines) is 1. The first-order chi connectivity index (χ1) is 11.8. The van der Waals surface area contributed by atoms with Gasteiger partial charge >= 0.3 is 0 Å². The van der Waals surface area contributed by atoms with Crippen molar-refractivity contribution in [2.75, 3.05) is 26.7 Å². The minimum Gasteiger partial charge on any atom is -0.379 e. The number of nitrogens with zero attached hydrogens (tertiary/aromatic N) is 3. The normalized spacial score (nSPS) is 18.6.